The van der Waals surface area contributed by atoms with E-state index in [2.05, 4.69) is 21.2 Å². The molecule has 2 N–H and O–H groups in total. The second-order valence-electron chi connectivity index (χ2n) is 14.4. The lowest BCUT2D eigenvalue weighted by Crippen LogP contribution is -2.48. The average Bonchev–Trinajstić information content (AvgIpc) is 3.53. The van der Waals surface area contributed by atoms with Gasteiger partial charge in [0.1, 0.15) is 0 Å². The molecule has 4 aromatic carbocycles. The molecule has 5 atom stereocenters. The zero-order valence-electron chi connectivity index (χ0n) is 28.8. The van der Waals surface area contributed by atoms with E-state index < -0.39 is 37.6 Å². The topological polar surface area (TPSA) is 99.2 Å². The molecule has 1 saturated heterocycles. The van der Waals surface area contributed by atoms with Gasteiger partial charge in [-0.05, 0) is 78.7 Å². The molecule has 1 fully saturated rings. The van der Waals surface area contributed by atoms with E-state index in [9.17, 15) is 19.5 Å². The maximum atomic E-state index is 16.5. The first-order valence-electron chi connectivity index (χ1n) is 17.3. The van der Waals surface area contributed by atoms with Crippen LogP contribution in [0.5, 0.6) is 0 Å². The van der Waals surface area contributed by atoms with Crippen LogP contribution in [0, 0.1) is 5.92 Å². The van der Waals surface area contributed by atoms with E-state index >= 15 is 4.11 Å². The van der Waals surface area contributed by atoms with E-state index in [1.807, 2.05) is 73.7 Å². The Morgan fingerprint density at radius 1 is 1.00 bits per heavy atom. The fourth-order valence-electron chi connectivity index (χ4n) is 8.43. The van der Waals surface area contributed by atoms with Crippen LogP contribution in [-0.4, -0.2) is 54.9 Å². The highest BCUT2D eigenvalue weighted by Gasteiger charge is 2.67. The number of ether oxygens (including phenoxy) is 1. The molecule has 0 saturated carbocycles. The predicted octanol–water partition coefficient (Wildman–Crippen LogP) is 7.36. The maximum Gasteiger partial charge on any atom is 0.264 e. The van der Waals surface area contributed by atoms with Crippen molar-refractivity contribution in [3.05, 3.63) is 129 Å². The van der Waals surface area contributed by atoms with Crippen LogP contribution in [0.4, 0.5) is 15.5 Å². The van der Waals surface area contributed by atoms with Crippen LogP contribution in [-0.2, 0) is 39.4 Å². The minimum Gasteiger partial charge on any atom is -0.394 e. The molecule has 0 bridgehead atoms. The number of anilines is 2. The number of rotatable bonds is 8. The molecule has 51 heavy (non-hydrogen) atoms. The normalized spacial score (nSPS) is 24.1. The van der Waals surface area contributed by atoms with Crippen LogP contribution in [0.1, 0.15) is 46.0 Å². The van der Waals surface area contributed by atoms with Gasteiger partial charge in [-0.25, -0.2) is 0 Å². The van der Waals surface area contributed by atoms with Crippen molar-refractivity contribution in [3.8, 4) is 0 Å². The second kappa shape index (κ2) is 13.8. The third-order valence-corrected chi connectivity index (χ3v) is 13.7. The summed E-state index contributed by atoms with van der Waals surface area (Å²) in [7, 11) is -3.52. The van der Waals surface area contributed by atoms with Crippen molar-refractivity contribution in [1.82, 2.24) is 4.90 Å². The first kappa shape index (κ1) is 35.2. The fraction of sp³-hybridized carbons (Fsp3) is 0.325. The summed E-state index contributed by atoms with van der Waals surface area (Å²) in [5, 5.41) is 13.2. The predicted molar refractivity (Wildman–Crippen MR) is 200 cm³/mol. The largest absolute Gasteiger partial charge is 0.394 e. The Labute approximate surface area is 306 Å². The second-order valence-corrected chi connectivity index (χ2v) is 19.1. The fourth-order valence-corrected chi connectivity index (χ4v) is 11.3. The molecule has 3 amide bonds. The number of aliphatic hydroxyl groups excluding tert-OH is 1. The van der Waals surface area contributed by atoms with E-state index in [-0.39, 0.29) is 37.3 Å². The lowest BCUT2D eigenvalue weighted by Gasteiger charge is -2.37. The highest BCUT2D eigenvalue weighted by atomic mass is 79.9. The number of halogens is 2. The summed E-state index contributed by atoms with van der Waals surface area (Å²) >= 11 is 3.59. The molecule has 3 aliphatic heterocycles. The number of benzene rings is 4. The first-order chi connectivity index (χ1) is 24.4. The van der Waals surface area contributed by atoms with Crippen molar-refractivity contribution >= 4 is 53.4 Å². The van der Waals surface area contributed by atoms with E-state index in [1.54, 1.807) is 53.2 Å². The number of nitrogens with zero attached hydrogens (tertiary/aromatic N) is 2. The summed E-state index contributed by atoms with van der Waals surface area (Å²) < 4.78 is 24.1. The van der Waals surface area contributed by atoms with Crippen LogP contribution in [0.15, 0.2) is 102 Å². The van der Waals surface area contributed by atoms with Crippen molar-refractivity contribution in [2.24, 2.45) is 5.92 Å². The van der Waals surface area contributed by atoms with Crippen LogP contribution >= 0.6 is 15.9 Å². The molecule has 4 aromatic rings. The van der Waals surface area contributed by atoms with E-state index in [1.165, 1.54) is 0 Å². The zero-order valence-corrected chi connectivity index (χ0v) is 31.4. The van der Waals surface area contributed by atoms with Gasteiger partial charge in [0.15, 0.2) is 5.60 Å². The van der Waals surface area contributed by atoms with Gasteiger partial charge in [0.05, 0.1) is 37.4 Å². The SMILES string of the molecule is C[C@H]1[C@H]([Si](C)(C)F)[C@@H](CC(=O)N2Cc3ccccc3C[C@H]2CO)O[C@]12C(=O)N(Cc1cccc(NC(=O)c3ccccc3)c1)c1ccc(Br)cc12. The molecule has 0 radical (unpaired) electrons. The van der Waals surface area contributed by atoms with Crippen LogP contribution in [0.25, 0.3) is 0 Å². The minimum absolute atomic E-state index is 0.102. The van der Waals surface area contributed by atoms with E-state index in [0.29, 0.717) is 35.5 Å². The van der Waals surface area contributed by atoms with Gasteiger partial charge in [0.2, 0.25) is 14.3 Å². The minimum atomic E-state index is -3.52. The van der Waals surface area contributed by atoms with E-state index in [0.717, 1.165) is 21.2 Å². The van der Waals surface area contributed by atoms with Crippen molar-refractivity contribution in [1.29, 1.82) is 0 Å². The molecular weight excluding hydrogens is 729 g/mol. The first-order valence-corrected chi connectivity index (χ1v) is 21.1. The number of carbonyl (C=O) groups excluding carboxylic acids is 3. The van der Waals surface area contributed by atoms with E-state index in [4.69, 9.17) is 4.74 Å². The molecule has 264 valence electrons. The summed E-state index contributed by atoms with van der Waals surface area (Å²) in [4.78, 5) is 45.2. The molecule has 7 rings (SSSR count). The lowest BCUT2D eigenvalue weighted by atomic mass is 9.82. The number of fused-ring (bicyclic) bond motifs is 3. The van der Waals surface area contributed by atoms with Crippen LogP contribution in [0.3, 0.4) is 0 Å². The summed E-state index contributed by atoms with van der Waals surface area (Å²) in [5.41, 5.74) is 3.17. The maximum absolute atomic E-state index is 16.5. The van der Waals surface area contributed by atoms with Gasteiger partial charge < -0.3 is 29.1 Å². The summed E-state index contributed by atoms with van der Waals surface area (Å²) in [6, 6.07) is 29.4. The molecule has 8 nitrogen and oxygen atoms in total. The molecule has 11 heteroatoms. The number of hydrogen-bond donors (Lipinski definition) is 2. The van der Waals surface area contributed by atoms with Gasteiger partial charge in [-0.15, -0.1) is 0 Å². The third-order valence-electron chi connectivity index (χ3n) is 10.7. The van der Waals surface area contributed by atoms with Crippen LogP contribution in [0.2, 0.25) is 18.6 Å². The lowest BCUT2D eigenvalue weighted by molar-refractivity contribution is -0.151. The van der Waals surface area contributed by atoms with Crippen molar-refractivity contribution in [2.45, 2.75) is 69.2 Å². The number of aliphatic hydroxyl groups is 1. The van der Waals surface area contributed by atoms with Gasteiger partial charge in [-0.2, -0.15) is 0 Å². The zero-order chi connectivity index (χ0) is 36.1. The molecule has 3 aliphatic rings. The van der Waals surface area contributed by atoms with Crippen LogP contribution < -0.4 is 10.2 Å². The average molecular weight is 771 g/mol. The van der Waals surface area contributed by atoms with Crippen molar-refractivity contribution in [2.75, 3.05) is 16.8 Å². The molecule has 3 heterocycles. The standard InChI is InChI=1S/C40H41BrFN3O5Si/c1-25-37(51(2,3)42)35(21-36(47)44-23-29-14-8-7-13-28(29)19-32(44)24-46)50-40(25)33-20-30(41)16-17-34(33)45(39(40)49)22-26-10-9-15-31(18-26)43-38(48)27-11-5-4-6-12-27/h4-18,20,25,32,35,37,46H,19,21-24H2,1-3H3,(H,43,48)/t25-,32-,35+,37-,40+/m0/s1. The molecule has 1 spiro atoms. The van der Waals surface area contributed by atoms with Gasteiger partial charge in [0.25, 0.3) is 11.8 Å². The Balaban J connectivity index is 1.19. The van der Waals surface area contributed by atoms with Gasteiger partial charge in [0, 0.05) is 39.3 Å². The number of nitrogens with one attached hydrogen (secondary N) is 1. The Bertz CT molecular complexity index is 1990. The highest BCUT2D eigenvalue weighted by molar-refractivity contribution is 9.10. The molecular formula is C40H41BrFN3O5Si. The van der Waals surface area contributed by atoms with Crippen molar-refractivity contribution in [3.63, 3.8) is 0 Å². The Morgan fingerprint density at radius 3 is 2.45 bits per heavy atom. The van der Waals surface area contributed by atoms with Gasteiger partial charge in [-0.1, -0.05) is 77.5 Å². The number of amides is 3. The molecule has 0 unspecified atom stereocenters. The third kappa shape index (κ3) is 6.45. The Morgan fingerprint density at radius 2 is 1.73 bits per heavy atom. The summed E-state index contributed by atoms with van der Waals surface area (Å²) in [5.74, 6) is -1.34. The summed E-state index contributed by atoms with van der Waals surface area (Å²) in [6.07, 6.45) is -0.415. The highest BCUT2D eigenvalue weighted by Crippen LogP contribution is 2.60. The summed E-state index contributed by atoms with van der Waals surface area (Å²) in [6.45, 7) is 5.47. The Kier molecular flexibility index (Phi) is 9.51. The number of carbonyl (C=O) groups is 3. The smallest absolute Gasteiger partial charge is 0.264 e. The molecule has 0 aromatic heterocycles. The van der Waals surface area contributed by atoms with Crippen molar-refractivity contribution < 1.29 is 28.3 Å². The number of hydrogen-bond acceptors (Lipinski definition) is 5. The monoisotopic (exact) mass is 769 g/mol. The Hall–Kier alpha value is -4.16. The van der Waals surface area contributed by atoms with Gasteiger partial charge >= 0.3 is 0 Å². The quantitative estimate of drug-likeness (QED) is 0.144. The van der Waals surface area contributed by atoms with Gasteiger partial charge in [-0.3, -0.25) is 14.4 Å². The molecule has 0 aliphatic carbocycles.